The second-order valence-electron chi connectivity index (χ2n) is 8.25. The van der Waals surface area contributed by atoms with Gasteiger partial charge in [-0.05, 0) is 18.6 Å². The zero-order valence-electron chi connectivity index (χ0n) is 16.7. The van der Waals surface area contributed by atoms with Gasteiger partial charge < -0.3 is 14.7 Å². The monoisotopic (exact) mass is 408 g/mol. The van der Waals surface area contributed by atoms with Crippen LogP contribution in [0.2, 0.25) is 0 Å². The van der Waals surface area contributed by atoms with Crippen LogP contribution in [0.1, 0.15) is 31.0 Å². The maximum absolute atomic E-state index is 12.9. The lowest BCUT2D eigenvalue weighted by Gasteiger charge is -2.40. The SMILES string of the molecule is O=C1CCCN1Cc1cn(C2CN(C(=O)C3CC(=O)N(c4ccccc4)C3)C2)nn1. The lowest BCUT2D eigenvalue weighted by Crippen LogP contribution is -2.53. The van der Waals surface area contributed by atoms with Gasteiger partial charge in [-0.25, -0.2) is 4.68 Å². The van der Waals surface area contributed by atoms with Crippen molar-refractivity contribution in [2.45, 2.75) is 31.8 Å². The van der Waals surface area contributed by atoms with Crippen LogP contribution >= 0.6 is 0 Å². The Labute approximate surface area is 174 Å². The lowest BCUT2D eigenvalue weighted by molar-refractivity contribution is -0.141. The summed E-state index contributed by atoms with van der Waals surface area (Å²) in [6.45, 7) is 2.84. The van der Waals surface area contributed by atoms with E-state index in [1.807, 2.05) is 36.5 Å². The molecule has 0 spiro atoms. The maximum atomic E-state index is 12.9. The predicted octanol–water partition coefficient (Wildman–Crippen LogP) is 0.837. The van der Waals surface area contributed by atoms with Crippen LogP contribution in [-0.2, 0) is 20.9 Å². The van der Waals surface area contributed by atoms with E-state index in [4.69, 9.17) is 0 Å². The highest BCUT2D eigenvalue weighted by Gasteiger charge is 2.41. The highest BCUT2D eigenvalue weighted by molar-refractivity contribution is 6.00. The molecule has 4 heterocycles. The normalized spacial score (nSPS) is 22.1. The third-order valence-corrected chi connectivity index (χ3v) is 6.17. The van der Waals surface area contributed by atoms with Gasteiger partial charge in [0, 0.05) is 44.7 Å². The number of carbonyl (C=O) groups is 3. The molecule has 9 nitrogen and oxygen atoms in total. The number of nitrogens with zero attached hydrogens (tertiary/aromatic N) is 6. The summed E-state index contributed by atoms with van der Waals surface area (Å²) in [6, 6.07) is 9.57. The van der Waals surface area contributed by atoms with E-state index in [0.717, 1.165) is 24.3 Å². The number of amides is 3. The van der Waals surface area contributed by atoms with Gasteiger partial charge in [-0.15, -0.1) is 5.10 Å². The summed E-state index contributed by atoms with van der Waals surface area (Å²) in [5.74, 6) is -0.109. The molecule has 0 bridgehead atoms. The molecule has 0 aliphatic carbocycles. The molecule has 2 aromatic rings. The first-order valence-corrected chi connectivity index (χ1v) is 10.4. The van der Waals surface area contributed by atoms with Crippen LogP contribution in [0.15, 0.2) is 36.5 Å². The van der Waals surface area contributed by atoms with Gasteiger partial charge in [0.15, 0.2) is 0 Å². The Balaban J connectivity index is 1.15. The largest absolute Gasteiger partial charge is 0.338 e. The molecule has 3 fully saturated rings. The van der Waals surface area contributed by atoms with Crippen molar-refractivity contribution in [3.8, 4) is 0 Å². The fourth-order valence-electron chi connectivity index (χ4n) is 4.42. The number of likely N-dealkylation sites (tertiary alicyclic amines) is 2. The Hall–Kier alpha value is -3.23. The molecule has 3 saturated heterocycles. The summed E-state index contributed by atoms with van der Waals surface area (Å²) in [4.78, 5) is 42.3. The molecule has 3 aliphatic rings. The van der Waals surface area contributed by atoms with Crippen molar-refractivity contribution < 1.29 is 14.4 Å². The van der Waals surface area contributed by atoms with Gasteiger partial charge in [-0.1, -0.05) is 23.4 Å². The van der Waals surface area contributed by atoms with Crippen LogP contribution in [0.3, 0.4) is 0 Å². The average molecular weight is 408 g/mol. The van der Waals surface area contributed by atoms with Crippen molar-refractivity contribution in [3.05, 3.63) is 42.2 Å². The van der Waals surface area contributed by atoms with Crippen LogP contribution in [-0.4, -0.2) is 68.7 Å². The molecular formula is C21H24N6O3. The van der Waals surface area contributed by atoms with Crippen LogP contribution in [0.4, 0.5) is 5.69 Å². The lowest BCUT2D eigenvalue weighted by atomic mass is 10.0. The summed E-state index contributed by atoms with van der Waals surface area (Å²) in [5, 5.41) is 8.37. The second kappa shape index (κ2) is 7.55. The Morgan fingerprint density at radius 3 is 2.60 bits per heavy atom. The molecule has 1 aromatic carbocycles. The Bertz CT molecular complexity index is 968. The van der Waals surface area contributed by atoms with Crippen molar-refractivity contribution in [1.29, 1.82) is 0 Å². The van der Waals surface area contributed by atoms with Crippen LogP contribution in [0.5, 0.6) is 0 Å². The van der Waals surface area contributed by atoms with Gasteiger partial charge in [0.2, 0.25) is 17.7 Å². The van der Waals surface area contributed by atoms with Gasteiger partial charge >= 0.3 is 0 Å². The maximum Gasteiger partial charge on any atom is 0.228 e. The molecule has 1 atom stereocenters. The first-order valence-electron chi connectivity index (χ1n) is 10.4. The first-order chi connectivity index (χ1) is 14.6. The predicted molar refractivity (Wildman–Crippen MR) is 107 cm³/mol. The van der Waals surface area contributed by atoms with Gasteiger partial charge in [0.05, 0.1) is 24.7 Å². The number of carbonyl (C=O) groups excluding carboxylic acids is 3. The molecule has 9 heteroatoms. The highest BCUT2D eigenvalue weighted by Crippen LogP contribution is 2.29. The van der Waals surface area contributed by atoms with E-state index < -0.39 is 0 Å². The quantitative estimate of drug-likeness (QED) is 0.731. The summed E-state index contributed by atoms with van der Waals surface area (Å²) in [7, 11) is 0. The third-order valence-electron chi connectivity index (χ3n) is 6.17. The van der Waals surface area contributed by atoms with Gasteiger partial charge in [0.1, 0.15) is 5.69 Å². The number of anilines is 1. The number of aromatic nitrogens is 3. The summed E-state index contributed by atoms with van der Waals surface area (Å²) in [5.41, 5.74) is 1.61. The zero-order chi connectivity index (χ0) is 20.7. The number of hydrogen-bond acceptors (Lipinski definition) is 5. The minimum Gasteiger partial charge on any atom is -0.338 e. The molecule has 156 valence electrons. The molecule has 0 radical (unpaired) electrons. The smallest absolute Gasteiger partial charge is 0.228 e. The topological polar surface area (TPSA) is 91.6 Å². The van der Waals surface area contributed by atoms with E-state index in [0.29, 0.717) is 32.6 Å². The minimum atomic E-state index is -0.300. The Morgan fingerprint density at radius 1 is 1.07 bits per heavy atom. The van der Waals surface area contributed by atoms with Gasteiger partial charge in [-0.2, -0.15) is 0 Å². The minimum absolute atomic E-state index is 0.00555. The van der Waals surface area contributed by atoms with Gasteiger partial charge in [0.25, 0.3) is 0 Å². The van der Waals surface area contributed by atoms with Crippen molar-refractivity contribution in [3.63, 3.8) is 0 Å². The molecular weight excluding hydrogens is 384 g/mol. The summed E-state index contributed by atoms with van der Waals surface area (Å²) in [6.07, 6.45) is 3.64. The summed E-state index contributed by atoms with van der Waals surface area (Å²) >= 11 is 0. The Kier molecular flexibility index (Phi) is 4.72. The van der Waals surface area contributed by atoms with E-state index in [1.54, 1.807) is 19.4 Å². The fourth-order valence-corrected chi connectivity index (χ4v) is 4.42. The zero-order valence-corrected chi connectivity index (χ0v) is 16.7. The number of rotatable bonds is 5. The molecule has 0 N–H and O–H groups in total. The van der Waals surface area contributed by atoms with E-state index in [-0.39, 0.29) is 36.1 Å². The van der Waals surface area contributed by atoms with Crippen LogP contribution in [0, 0.1) is 5.92 Å². The molecule has 3 aliphatic heterocycles. The molecule has 1 aromatic heterocycles. The van der Waals surface area contributed by atoms with Crippen molar-refractivity contribution in [2.75, 3.05) is 31.1 Å². The number of benzene rings is 1. The molecule has 0 saturated carbocycles. The molecule has 30 heavy (non-hydrogen) atoms. The molecule has 3 amide bonds. The highest BCUT2D eigenvalue weighted by atomic mass is 16.2. The molecule has 1 unspecified atom stereocenters. The van der Waals surface area contributed by atoms with Crippen molar-refractivity contribution in [2.24, 2.45) is 5.92 Å². The fraction of sp³-hybridized carbons (Fsp3) is 0.476. The second-order valence-corrected chi connectivity index (χ2v) is 8.25. The number of para-hydroxylation sites is 1. The average Bonchev–Trinajstić information content (AvgIpc) is 3.43. The third kappa shape index (κ3) is 3.44. The standard InChI is InChI=1S/C21H24N6O3/c28-19-7-4-8-24(19)11-16-12-27(23-22-16)18-13-25(14-18)21(30)15-9-20(29)26(10-15)17-5-2-1-3-6-17/h1-3,5-6,12,15,18H,4,7-11,13-14H2. The number of hydrogen-bond donors (Lipinski definition) is 0. The van der Waals surface area contributed by atoms with Crippen LogP contribution < -0.4 is 4.90 Å². The summed E-state index contributed by atoms with van der Waals surface area (Å²) < 4.78 is 1.79. The van der Waals surface area contributed by atoms with Crippen LogP contribution in [0.25, 0.3) is 0 Å². The van der Waals surface area contributed by atoms with Crippen molar-refractivity contribution in [1.82, 2.24) is 24.8 Å². The van der Waals surface area contributed by atoms with E-state index in [9.17, 15) is 14.4 Å². The van der Waals surface area contributed by atoms with Gasteiger partial charge in [-0.3, -0.25) is 14.4 Å². The van der Waals surface area contributed by atoms with E-state index in [1.165, 1.54) is 0 Å². The van der Waals surface area contributed by atoms with Crippen molar-refractivity contribution >= 4 is 23.4 Å². The van der Waals surface area contributed by atoms with E-state index in [2.05, 4.69) is 10.3 Å². The Morgan fingerprint density at radius 2 is 1.87 bits per heavy atom. The van der Waals surface area contributed by atoms with E-state index >= 15 is 0 Å². The molecule has 5 rings (SSSR count). The first kappa shape index (κ1) is 18.8.